The van der Waals surface area contributed by atoms with Gasteiger partial charge in [-0.05, 0) is 30.2 Å². The molecule has 2 N–H and O–H groups in total. The summed E-state index contributed by atoms with van der Waals surface area (Å²) < 4.78 is 29.9. The Morgan fingerprint density at radius 3 is 2.62 bits per heavy atom. The van der Waals surface area contributed by atoms with Crippen LogP contribution in [0.2, 0.25) is 0 Å². The molecular weight excluding hydrogens is 288 g/mol. The number of hydrogen-bond acceptors (Lipinski definition) is 5. The molecular formula is C15H14N2O3S. The number of aromatic nitrogens is 1. The van der Waals surface area contributed by atoms with Crippen LogP contribution in [-0.2, 0) is 16.3 Å². The lowest BCUT2D eigenvalue weighted by atomic mass is 10.2. The van der Waals surface area contributed by atoms with Crippen molar-refractivity contribution in [3.05, 3.63) is 54.1 Å². The van der Waals surface area contributed by atoms with Crippen molar-refractivity contribution in [1.82, 2.24) is 4.98 Å². The summed E-state index contributed by atoms with van der Waals surface area (Å²) in [5.74, 6) is -0.0423. The van der Waals surface area contributed by atoms with E-state index in [4.69, 9.17) is 10.2 Å². The van der Waals surface area contributed by atoms with Crippen LogP contribution in [0, 0.1) is 0 Å². The lowest BCUT2D eigenvalue weighted by Crippen LogP contribution is -2.09. The Morgan fingerprint density at radius 2 is 1.86 bits per heavy atom. The van der Waals surface area contributed by atoms with E-state index in [1.165, 1.54) is 0 Å². The standard InChI is InChI=1S/C15H14N2O3S/c16-12-6-7-14-13(10-12)17-15(20-14)21(18,19)9-8-11-4-2-1-3-5-11/h1-7,10H,8-9,16H2. The summed E-state index contributed by atoms with van der Waals surface area (Å²) in [6.07, 6.45) is 0.421. The summed E-state index contributed by atoms with van der Waals surface area (Å²) in [5.41, 5.74) is 7.99. The number of nitrogens with zero attached hydrogens (tertiary/aromatic N) is 1. The number of benzene rings is 2. The first-order chi connectivity index (χ1) is 10.0. The Labute approximate surface area is 122 Å². The summed E-state index contributed by atoms with van der Waals surface area (Å²) in [4.78, 5) is 4.02. The summed E-state index contributed by atoms with van der Waals surface area (Å²) in [5, 5.41) is -0.251. The van der Waals surface area contributed by atoms with Gasteiger partial charge in [-0.2, -0.15) is 4.98 Å². The van der Waals surface area contributed by atoms with Crippen molar-refractivity contribution in [2.45, 2.75) is 11.6 Å². The maximum Gasteiger partial charge on any atom is 0.316 e. The minimum Gasteiger partial charge on any atom is -0.428 e. The number of fused-ring (bicyclic) bond motifs is 1. The van der Waals surface area contributed by atoms with Crippen molar-refractivity contribution < 1.29 is 12.8 Å². The fraction of sp³-hybridized carbons (Fsp3) is 0.133. The van der Waals surface area contributed by atoms with E-state index >= 15 is 0 Å². The Morgan fingerprint density at radius 1 is 1.10 bits per heavy atom. The number of hydrogen-bond donors (Lipinski definition) is 1. The summed E-state index contributed by atoms with van der Waals surface area (Å²) in [7, 11) is -3.55. The molecule has 2 aromatic carbocycles. The Kier molecular flexibility index (Phi) is 3.39. The Bertz CT molecular complexity index is 870. The van der Waals surface area contributed by atoms with E-state index in [1.807, 2.05) is 30.3 Å². The molecule has 0 aliphatic heterocycles. The second-order valence-electron chi connectivity index (χ2n) is 4.76. The lowest BCUT2D eigenvalue weighted by Gasteiger charge is -2.00. The maximum atomic E-state index is 12.3. The molecule has 3 aromatic rings. The molecule has 0 aliphatic carbocycles. The molecule has 0 radical (unpaired) electrons. The molecule has 108 valence electrons. The van der Waals surface area contributed by atoms with Crippen LogP contribution in [0.25, 0.3) is 11.1 Å². The number of oxazole rings is 1. The van der Waals surface area contributed by atoms with E-state index in [0.29, 0.717) is 23.2 Å². The van der Waals surface area contributed by atoms with E-state index in [0.717, 1.165) is 5.56 Å². The average Bonchev–Trinajstić information content (AvgIpc) is 2.90. The van der Waals surface area contributed by atoms with Crippen molar-refractivity contribution in [2.24, 2.45) is 0 Å². The van der Waals surface area contributed by atoms with E-state index in [1.54, 1.807) is 18.2 Å². The largest absolute Gasteiger partial charge is 0.428 e. The Balaban J connectivity index is 1.86. The average molecular weight is 302 g/mol. The maximum absolute atomic E-state index is 12.3. The van der Waals surface area contributed by atoms with Crippen LogP contribution < -0.4 is 5.73 Å². The van der Waals surface area contributed by atoms with Crippen LogP contribution in [0.1, 0.15) is 5.56 Å². The van der Waals surface area contributed by atoms with Crippen LogP contribution in [-0.4, -0.2) is 19.2 Å². The predicted molar refractivity (Wildman–Crippen MR) is 80.6 cm³/mol. The zero-order valence-electron chi connectivity index (χ0n) is 11.2. The van der Waals surface area contributed by atoms with E-state index in [2.05, 4.69) is 4.98 Å². The van der Waals surface area contributed by atoms with Crippen LogP contribution in [0.4, 0.5) is 5.69 Å². The third-order valence-electron chi connectivity index (χ3n) is 3.16. The highest BCUT2D eigenvalue weighted by Crippen LogP contribution is 2.22. The lowest BCUT2D eigenvalue weighted by molar-refractivity contribution is 0.458. The third kappa shape index (κ3) is 2.90. The molecule has 0 amide bonds. The molecule has 0 aliphatic rings. The number of sulfone groups is 1. The summed E-state index contributed by atoms with van der Waals surface area (Å²) in [6, 6.07) is 14.3. The van der Waals surface area contributed by atoms with Gasteiger partial charge in [0.2, 0.25) is 9.84 Å². The van der Waals surface area contributed by atoms with Gasteiger partial charge in [0.15, 0.2) is 5.58 Å². The van der Waals surface area contributed by atoms with Crippen LogP contribution in [0.5, 0.6) is 0 Å². The second kappa shape index (κ2) is 5.21. The van der Waals surface area contributed by atoms with Gasteiger partial charge in [-0.1, -0.05) is 30.3 Å². The SMILES string of the molecule is Nc1ccc2oc(S(=O)(=O)CCc3ccccc3)nc2c1. The first-order valence-electron chi connectivity index (χ1n) is 6.47. The molecule has 0 saturated heterocycles. The fourth-order valence-electron chi connectivity index (χ4n) is 2.04. The number of anilines is 1. The van der Waals surface area contributed by atoms with Gasteiger partial charge in [0.05, 0.1) is 5.75 Å². The van der Waals surface area contributed by atoms with Crippen LogP contribution in [0.15, 0.2) is 58.2 Å². The number of nitrogens with two attached hydrogens (primary N) is 1. The molecule has 3 rings (SSSR count). The highest BCUT2D eigenvalue weighted by Gasteiger charge is 2.21. The molecule has 1 heterocycles. The molecule has 21 heavy (non-hydrogen) atoms. The van der Waals surface area contributed by atoms with Gasteiger partial charge >= 0.3 is 5.22 Å². The van der Waals surface area contributed by atoms with Crippen molar-refractivity contribution in [3.63, 3.8) is 0 Å². The molecule has 0 spiro atoms. The monoisotopic (exact) mass is 302 g/mol. The van der Waals surface area contributed by atoms with Gasteiger partial charge in [0.1, 0.15) is 5.52 Å². The van der Waals surface area contributed by atoms with Gasteiger partial charge in [-0.15, -0.1) is 0 Å². The second-order valence-corrected chi connectivity index (χ2v) is 6.75. The first-order valence-corrected chi connectivity index (χ1v) is 8.12. The van der Waals surface area contributed by atoms with E-state index in [9.17, 15) is 8.42 Å². The van der Waals surface area contributed by atoms with Crippen LogP contribution in [0.3, 0.4) is 0 Å². The summed E-state index contributed by atoms with van der Waals surface area (Å²) in [6.45, 7) is 0. The zero-order valence-corrected chi connectivity index (χ0v) is 12.0. The molecule has 0 saturated carbocycles. The van der Waals surface area contributed by atoms with Gasteiger partial charge in [-0.3, -0.25) is 0 Å². The van der Waals surface area contributed by atoms with Crippen molar-refractivity contribution in [1.29, 1.82) is 0 Å². The molecule has 0 atom stereocenters. The molecule has 0 bridgehead atoms. The molecule has 5 nitrogen and oxygen atoms in total. The molecule has 6 heteroatoms. The van der Waals surface area contributed by atoms with E-state index in [-0.39, 0.29) is 11.0 Å². The highest BCUT2D eigenvalue weighted by molar-refractivity contribution is 7.91. The summed E-state index contributed by atoms with van der Waals surface area (Å²) >= 11 is 0. The normalized spacial score (nSPS) is 11.8. The van der Waals surface area contributed by atoms with Crippen molar-refractivity contribution in [3.8, 4) is 0 Å². The van der Waals surface area contributed by atoms with Gasteiger partial charge in [0, 0.05) is 5.69 Å². The first kappa shape index (κ1) is 13.6. The van der Waals surface area contributed by atoms with E-state index < -0.39 is 9.84 Å². The van der Waals surface area contributed by atoms with Gasteiger partial charge in [-0.25, -0.2) is 8.42 Å². The van der Waals surface area contributed by atoms with Crippen molar-refractivity contribution >= 4 is 26.6 Å². The smallest absolute Gasteiger partial charge is 0.316 e. The zero-order chi connectivity index (χ0) is 14.9. The number of aryl methyl sites for hydroxylation is 1. The minimum atomic E-state index is -3.55. The number of nitrogen functional groups attached to an aromatic ring is 1. The quantitative estimate of drug-likeness (QED) is 0.748. The highest BCUT2D eigenvalue weighted by atomic mass is 32.2. The topological polar surface area (TPSA) is 86.2 Å². The minimum absolute atomic E-state index is 0.0423. The molecule has 0 unspecified atom stereocenters. The molecule has 1 aromatic heterocycles. The molecule has 0 fully saturated rings. The van der Waals surface area contributed by atoms with Gasteiger partial charge < -0.3 is 10.2 Å². The van der Waals surface area contributed by atoms with Crippen molar-refractivity contribution in [2.75, 3.05) is 11.5 Å². The van der Waals surface area contributed by atoms with Gasteiger partial charge in [0.25, 0.3) is 0 Å². The number of rotatable bonds is 4. The third-order valence-corrected chi connectivity index (χ3v) is 4.61. The van der Waals surface area contributed by atoms with Crippen LogP contribution >= 0.6 is 0 Å². The fourth-order valence-corrected chi connectivity index (χ4v) is 3.17. The Hall–Kier alpha value is -2.34. The predicted octanol–water partition coefficient (Wildman–Crippen LogP) is 2.43.